The first kappa shape index (κ1) is 25.9. The zero-order chi connectivity index (χ0) is 26.9. The molecule has 1 aromatic heterocycles. The maximum atomic E-state index is 13.8. The van der Waals surface area contributed by atoms with E-state index in [1.54, 1.807) is 26.4 Å². The Morgan fingerprint density at radius 1 is 1.22 bits per heavy atom. The molecule has 0 spiro atoms. The van der Waals surface area contributed by atoms with Gasteiger partial charge in [0.15, 0.2) is 5.78 Å². The third kappa shape index (κ3) is 3.43. The minimum Gasteiger partial charge on any atom is -0.472 e. The Balaban J connectivity index is 1.76. The van der Waals surface area contributed by atoms with Gasteiger partial charge in [0.25, 0.3) is 0 Å². The highest BCUT2D eigenvalue weighted by Crippen LogP contribution is 2.69. The first-order valence-electron chi connectivity index (χ1n) is 12.6. The van der Waals surface area contributed by atoms with Crippen molar-refractivity contribution in [1.29, 1.82) is 0 Å². The van der Waals surface area contributed by atoms with Crippen LogP contribution in [-0.4, -0.2) is 54.0 Å². The third-order valence-electron chi connectivity index (χ3n) is 9.68. The number of methoxy groups -OCH3 is 1. The van der Waals surface area contributed by atoms with Crippen LogP contribution in [0.4, 0.5) is 0 Å². The van der Waals surface area contributed by atoms with Gasteiger partial charge in [0.1, 0.15) is 17.8 Å². The van der Waals surface area contributed by atoms with Crippen LogP contribution in [0.5, 0.6) is 0 Å². The van der Waals surface area contributed by atoms with Crippen molar-refractivity contribution in [1.82, 2.24) is 0 Å². The van der Waals surface area contributed by atoms with E-state index in [2.05, 4.69) is 6.92 Å². The van der Waals surface area contributed by atoms with Gasteiger partial charge < -0.3 is 18.6 Å². The van der Waals surface area contributed by atoms with Crippen molar-refractivity contribution in [3.8, 4) is 0 Å². The molecule has 3 aliphatic carbocycles. The number of ether oxygens (including phenoxy) is 3. The molecule has 1 aliphatic heterocycles. The van der Waals surface area contributed by atoms with Crippen LogP contribution in [0.3, 0.4) is 0 Å². The molecule has 4 aliphatic rings. The monoisotopic (exact) mass is 514 g/mol. The van der Waals surface area contributed by atoms with Crippen LogP contribution in [-0.2, 0) is 33.5 Å². The standard InChI is InChI=1S/C28H34O9/c1-14-17(16-8-10-34-13-16)11-18-22(14)28(5)19(12-21(31)33-6)27(4)20(30)7-9-26(3,37-32)24(27)23(25(28)36-18)35-15(2)29/h7-10,13,17-19,23-25,32H,11-12H2,1-6H3/t17-,18-,19-,23-,24+,25-,26-,27+,28-/m1/s1. The quantitative estimate of drug-likeness (QED) is 0.269. The second-order valence-electron chi connectivity index (χ2n) is 11.4. The van der Waals surface area contributed by atoms with Crippen molar-refractivity contribution in [2.45, 2.75) is 77.3 Å². The van der Waals surface area contributed by atoms with Gasteiger partial charge in [0.05, 0.1) is 32.2 Å². The van der Waals surface area contributed by atoms with Crippen LogP contribution in [0, 0.1) is 22.7 Å². The van der Waals surface area contributed by atoms with Gasteiger partial charge in [-0.15, -0.1) is 0 Å². The summed E-state index contributed by atoms with van der Waals surface area (Å²) >= 11 is 0. The molecule has 0 bridgehead atoms. The lowest BCUT2D eigenvalue weighted by Gasteiger charge is -2.62. The average molecular weight is 515 g/mol. The topological polar surface area (TPSA) is 122 Å². The van der Waals surface area contributed by atoms with E-state index in [-0.39, 0.29) is 24.2 Å². The minimum atomic E-state index is -1.37. The zero-order valence-corrected chi connectivity index (χ0v) is 22.0. The predicted octanol–water partition coefficient (Wildman–Crippen LogP) is 3.99. The summed E-state index contributed by atoms with van der Waals surface area (Å²) in [7, 11) is 1.32. The molecule has 9 heteroatoms. The maximum Gasteiger partial charge on any atom is 0.305 e. The summed E-state index contributed by atoms with van der Waals surface area (Å²) in [6.45, 7) is 8.78. The second kappa shape index (κ2) is 8.64. The first-order chi connectivity index (χ1) is 17.4. The van der Waals surface area contributed by atoms with E-state index < -0.39 is 52.4 Å². The number of rotatable bonds is 5. The highest BCUT2D eigenvalue weighted by atomic mass is 17.1. The Kier molecular flexibility index (Phi) is 6.05. The van der Waals surface area contributed by atoms with E-state index in [4.69, 9.17) is 23.5 Å². The molecule has 0 unspecified atom stereocenters. The fourth-order valence-corrected chi connectivity index (χ4v) is 8.19. The fourth-order valence-electron chi connectivity index (χ4n) is 8.19. The van der Waals surface area contributed by atoms with E-state index in [1.165, 1.54) is 26.2 Å². The van der Waals surface area contributed by atoms with E-state index >= 15 is 0 Å². The number of furan rings is 1. The van der Waals surface area contributed by atoms with Crippen LogP contribution >= 0.6 is 0 Å². The third-order valence-corrected chi connectivity index (χ3v) is 9.68. The molecule has 200 valence electrons. The Hall–Kier alpha value is -2.75. The van der Waals surface area contributed by atoms with Crippen molar-refractivity contribution in [3.63, 3.8) is 0 Å². The van der Waals surface area contributed by atoms with Crippen LogP contribution in [0.15, 0.2) is 46.3 Å². The molecule has 0 amide bonds. The molecule has 0 radical (unpaired) electrons. The number of hydrogen-bond donors (Lipinski definition) is 1. The molecule has 1 aromatic rings. The van der Waals surface area contributed by atoms with Gasteiger partial charge in [-0.1, -0.05) is 19.4 Å². The molecule has 1 saturated carbocycles. The van der Waals surface area contributed by atoms with E-state index in [0.29, 0.717) is 6.42 Å². The molecular weight excluding hydrogens is 480 g/mol. The molecule has 1 saturated heterocycles. The summed E-state index contributed by atoms with van der Waals surface area (Å²) in [6, 6.07) is 1.93. The van der Waals surface area contributed by atoms with Crippen molar-refractivity contribution >= 4 is 17.7 Å². The smallest absolute Gasteiger partial charge is 0.305 e. The number of fused-ring (bicyclic) bond motifs is 4. The van der Waals surface area contributed by atoms with Crippen LogP contribution in [0.2, 0.25) is 0 Å². The van der Waals surface area contributed by atoms with Crippen LogP contribution in [0.1, 0.15) is 58.9 Å². The number of esters is 2. The number of ketones is 1. The summed E-state index contributed by atoms with van der Waals surface area (Å²) in [4.78, 5) is 44.1. The summed E-state index contributed by atoms with van der Waals surface area (Å²) in [5.74, 6) is -2.60. The Morgan fingerprint density at radius 3 is 2.54 bits per heavy atom. The summed E-state index contributed by atoms with van der Waals surface area (Å²) < 4.78 is 23.1. The zero-order valence-electron chi connectivity index (χ0n) is 22.0. The molecule has 2 fully saturated rings. The van der Waals surface area contributed by atoms with Gasteiger partial charge >= 0.3 is 11.9 Å². The molecule has 5 rings (SSSR count). The highest BCUT2D eigenvalue weighted by Gasteiger charge is 2.75. The largest absolute Gasteiger partial charge is 0.472 e. The van der Waals surface area contributed by atoms with Crippen molar-refractivity contribution < 1.29 is 43.2 Å². The van der Waals surface area contributed by atoms with Gasteiger partial charge in [-0.3, -0.25) is 19.6 Å². The Morgan fingerprint density at radius 2 is 1.95 bits per heavy atom. The van der Waals surface area contributed by atoms with Crippen LogP contribution in [0.25, 0.3) is 0 Å². The molecule has 1 N–H and O–H groups in total. The van der Waals surface area contributed by atoms with Gasteiger partial charge in [0, 0.05) is 29.6 Å². The molecule has 9 atom stereocenters. The molecular formula is C28H34O9. The van der Waals surface area contributed by atoms with Crippen molar-refractivity contribution in [2.24, 2.45) is 22.7 Å². The molecule has 9 nitrogen and oxygen atoms in total. The van der Waals surface area contributed by atoms with Gasteiger partial charge in [-0.2, -0.15) is 0 Å². The van der Waals surface area contributed by atoms with Gasteiger partial charge in [-0.25, -0.2) is 4.89 Å². The summed E-state index contributed by atoms with van der Waals surface area (Å²) in [5, 5.41) is 10.1. The summed E-state index contributed by atoms with van der Waals surface area (Å²) in [6.07, 6.45) is 4.93. The lowest BCUT2D eigenvalue weighted by atomic mass is 9.43. The average Bonchev–Trinajstić information content (AvgIpc) is 3.56. The lowest BCUT2D eigenvalue weighted by molar-refractivity contribution is -0.345. The number of carbonyl (C=O) groups is 3. The molecule has 0 aromatic carbocycles. The Bertz CT molecular complexity index is 1180. The number of hydrogen-bond acceptors (Lipinski definition) is 9. The minimum absolute atomic E-state index is 0.0565. The van der Waals surface area contributed by atoms with Crippen LogP contribution < -0.4 is 0 Å². The fraction of sp³-hybridized carbons (Fsp3) is 0.607. The normalized spacial score (nSPS) is 42.3. The second-order valence-corrected chi connectivity index (χ2v) is 11.4. The first-order valence-corrected chi connectivity index (χ1v) is 12.6. The lowest BCUT2D eigenvalue weighted by Crippen LogP contribution is -2.70. The maximum absolute atomic E-state index is 13.8. The SMILES string of the molecule is COC(=O)C[C@H]1[C@]2(C)C3=C(C)[C@H](c4ccoc4)C[C@H]3O[C@@H]2[C@H](OC(C)=O)[C@@H]2[C@]1(C)C(=O)C=C[C@@]2(C)OO. The number of carbonyl (C=O) groups excluding carboxylic acids is 3. The van der Waals surface area contributed by atoms with Gasteiger partial charge in [-0.05, 0) is 55.5 Å². The van der Waals surface area contributed by atoms with Crippen molar-refractivity contribution in [2.75, 3.05) is 7.11 Å². The predicted molar refractivity (Wildman–Crippen MR) is 129 cm³/mol. The summed E-state index contributed by atoms with van der Waals surface area (Å²) in [5.41, 5.74) is -0.350. The van der Waals surface area contributed by atoms with E-state index in [9.17, 15) is 19.6 Å². The molecule has 2 heterocycles. The van der Waals surface area contributed by atoms with Gasteiger partial charge in [0.2, 0.25) is 0 Å². The van der Waals surface area contributed by atoms with E-state index in [1.807, 2.05) is 13.0 Å². The molecule has 37 heavy (non-hydrogen) atoms. The number of allylic oxidation sites excluding steroid dienone is 2. The highest BCUT2D eigenvalue weighted by molar-refractivity contribution is 5.97. The van der Waals surface area contributed by atoms with E-state index in [0.717, 1.165) is 16.7 Å². The van der Waals surface area contributed by atoms with Crippen molar-refractivity contribution in [3.05, 3.63) is 47.5 Å². The Labute approximate surface area is 215 Å².